The van der Waals surface area contributed by atoms with Crippen molar-refractivity contribution in [2.75, 3.05) is 26.7 Å². The molecule has 0 radical (unpaired) electrons. The Kier molecular flexibility index (Phi) is 7.42. The molecule has 3 heterocycles. The molecule has 206 valence electrons. The SMILES string of the molecule is CNC(=O)CC1CN(S(=O)(=O)c2ccc3ccc(C(=N)N)cc3c2)CCN1C(=O)c1nc2c(s1)CNC(C)C2. The van der Waals surface area contributed by atoms with E-state index in [1.54, 1.807) is 41.3 Å². The highest BCUT2D eigenvalue weighted by atomic mass is 32.2. The van der Waals surface area contributed by atoms with E-state index in [0.29, 0.717) is 22.5 Å². The summed E-state index contributed by atoms with van der Waals surface area (Å²) in [4.78, 5) is 33.3. The van der Waals surface area contributed by atoms with Crippen molar-refractivity contribution in [1.29, 1.82) is 5.41 Å². The van der Waals surface area contributed by atoms with E-state index in [2.05, 4.69) is 22.5 Å². The average Bonchev–Trinajstić information content (AvgIpc) is 3.35. The molecule has 0 aliphatic carbocycles. The molecule has 13 heteroatoms. The van der Waals surface area contributed by atoms with Gasteiger partial charge in [0, 0.05) is 62.6 Å². The van der Waals surface area contributed by atoms with Crippen molar-refractivity contribution in [1.82, 2.24) is 24.8 Å². The highest BCUT2D eigenvalue weighted by Crippen LogP contribution is 2.29. The molecule has 5 rings (SSSR count). The number of fused-ring (bicyclic) bond motifs is 2. The third kappa shape index (κ3) is 5.39. The van der Waals surface area contributed by atoms with Gasteiger partial charge in [-0.25, -0.2) is 13.4 Å². The van der Waals surface area contributed by atoms with Gasteiger partial charge in [0.15, 0.2) is 5.01 Å². The zero-order chi connectivity index (χ0) is 27.9. The fourth-order valence-corrected chi connectivity index (χ4v) is 7.53. The molecule has 2 aliphatic rings. The summed E-state index contributed by atoms with van der Waals surface area (Å²) >= 11 is 1.35. The maximum atomic E-state index is 13.7. The van der Waals surface area contributed by atoms with Gasteiger partial charge in [-0.05, 0) is 35.9 Å². The van der Waals surface area contributed by atoms with Crippen LogP contribution < -0.4 is 16.4 Å². The number of nitrogen functional groups attached to an aromatic ring is 1. The maximum absolute atomic E-state index is 13.7. The van der Waals surface area contributed by atoms with Crippen LogP contribution in [0.4, 0.5) is 0 Å². The second kappa shape index (κ2) is 10.6. The van der Waals surface area contributed by atoms with Gasteiger partial charge in [-0.3, -0.25) is 15.0 Å². The van der Waals surface area contributed by atoms with E-state index in [0.717, 1.165) is 22.4 Å². The van der Waals surface area contributed by atoms with Crippen molar-refractivity contribution < 1.29 is 18.0 Å². The van der Waals surface area contributed by atoms with Crippen LogP contribution in [0.5, 0.6) is 0 Å². The number of nitrogens with one attached hydrogen (secondary N) is 3. The third-order valence-electron chi connectivity index (χ3n) is 7.24. The van der Waals surface area contributed by atoms with E-state index in [-0.39, 0.29) is 54.6 Å². The summed E-state index contributed by atoms with van der Waals surface area (Å²) in [5.74, 6) is -0.665. The molecule has 2 atom stereocenters. The lowest BCUT2D eigenvalue weighted by Gasteiger charge is -2.40. The number of sulfonamides is 1. The predicted molar refractivity (Wildman–Crippen MR) is 149 cm³/mol. The summed E-state index contributed by atoms with van der Waals surface area (Å²) in [5, 5.41) is 15.5. The minimum Gasteiger partial charge on any atom is -0.384 e. The summed E-state index contributed by atoms with van der Waals surface area (Å²) in [6.45, 7) is 2.94. The van der Waals surface area contributed by atoms with Crippen molar-refractivity contribution in [2.45, 2.75) is 43.3 Å². The molecular formula is C26H31N7O4S2. The van der Waals surface area contributed by atoms with Gasteiger partial charge < -0.3 is 21.3 Å². The largest absolute Gasteiger partial charge is 0.384 e. The first-order valence-electron chi connectivity index (χ1n) is 12.7. The first-order chi connectivity index (χ1) is 18.6. The van der Waals surface area contributed by atoms with Gasteiger partial charge in [-0.1, -0.05) is 18.2 Å². The molecule has 2 aliphatic heterocycles. The topological polar surface area (TPSA) is 162 Å². The van der Waals surface area contributed by atoms with Crippen molar-refractivity contribution >= 4 is 49.8 Å². The van der Waals surface area contributed by atoms with Crippen molar-refractivity contribution in [3.8, 4) is 0 Å². The Bertz CT molecular complexity index is 1570. The van der Waals surface area contributed by atoms with E-state index in [1.807, 2.05) is 0 Å². The molecule has 11 nitrogen and oxygen atoms in total. The van der Waals surface area contributed by atoms with Gasteiger partial charge in [0.05, 0.1) is 16.6 Å². The second-order valence-electron chi connectivity index (χ2n) is 9.91. The van der Waals surface area contributed by atoms with Crippen LogP contribution in [0.15, 0.2) is 41.3 Å². The normalized spacial score (nSPS) is 20.0. The molecule has 0 saturated carbocycles. The van der Waals surface area contributed by atoms with Crippen LogP contribution in [-0.4, -0.2) is 79.0 Å². The fraction of sp³-hybridized carbons (Fsp3) is 0.385. The number of nitrogens with two attached hydrogens (primary N) is 1. The highest BCUT2D eigenvalue weighted by molar-refractivity contribution is 7.89. The lowest BCUT2D eigenvalue weighted by Crippen LogP contribution is -2.57. The Hall–Kier alpha value is -3.39. The molecule has 3 aromatic rings. The lowest BCUT2D eigenvalue weighted by molar-refractivity contribution is -0.121. The molecule has 0 bridgehead atoms. The number of rotatable bonds is 6. The number of piperazine rings is 1. The summed E-state index contributed by atoms with van der Waals surface area (Å²) in [6, 6.07) is 9.65. The average molecular weight is 570 g/mol. The molecule has 1 saturated heterocycles. The van der Waals surface area contributed by atoms with Crippen LogP contribution in [0.3, 0.4) is 0 Å². The summed E-state index contributed by atoms with van der Waals surface area (Å²) in [5.41, 5.74) is 7.03. The van der Waals surface area contributed by atoms with Gasteiger partial charge in [-0.2, -0.15) is 4.31 Å². The Morgan fingerprint density at radius 3 is 2.72 bits per heavy atom. The molecule has 2 amide bonds. The number of hydrogen-bond donors (Lipinski definition) is 4. The second-order valence-corrected chi connectivity index (χ2v) is 12.9. The van der Waals surface area contributed by atoms with Gasteiger partial charge >= 0.3 is 0 Å². The molecule has 39 heavy (non-hydrogen) atoms. The van der Waals surface area contributed by atoms with E-state index in [4.69, 9.17) is 11.1 Å². The molecule has 1 aromatic heterocycles. The summed E-state index contributed by atoms with van der Waals surface area (Å²) in [7, 11) is -2.41. The molecule has 1 fully saturated rings. The van der Waals surface area contributed by atoms with Crippen molar-refractivity contribution in [2.24, 2.45) is 5.73 Å². The Labute approximate surface area is 230 Å². The number of benzene rings is 2. The van der Waals surface area contributed by atoms with Crippen LogP contribution in [0.2, 0.25) is 0 Å². The Balaban J connectivity index is 1.41. The molecule has 2 unspecified atom stereocenters. The minimum atomic E-state index is -3.93. The van der Waals surface area contributed by atoms with E-state index in [1.165, 1.54) is 22.7 Å². The zero-order valence-corrected chi connectivity index (χ0v) is 23.4. The number of thiazole rings is 1. The summed E-state index contributed by atoms with van der Waals surface area (Å²) in [6.07, 6.45) is 0.712. The Morgan fingerprint density at radius 2 is 1.97 bits per heavy atom. The van der Waals surface area contributed by atoms with E-state index >= 15 is 0 Å². The lowest BCUT2D eigenvalue weighted by atomic mass is 10.1. The number of aromatic nitrogens is 1. The van der Waals surface area contributed by atoms with Crippen LogP contribution >= 0.6 is 11.3 Å². The van der Waals surface area contributed by atoms with E-state index in [9.17, 15) is 18.0 Å². The van der Waals surface area contributed by atoms with Crippen LogP contribution in [-0.2, 0) is 27.8 Å². The molecular weight excluding hydrogens is 538 g/mol. The number of carbonyl (C=O) groups is 2. The van der Waals surface area contributed by atoms with Crippen LogP contribution in [0.25, 0.3) is 10.8 Å². The first kappa shape index (κ1) is 27.2. The first-order valence-corrected chi connectivity index (χ1v) is 14.9. The quantitative estimate of drug-likeness (QED) is 0.257. The Morgan fingerprint density at radius 1 is 1.21 bits per heavy atom. The molecule has 2 aromatic carbocycles. The van der Waals surface area contributed by atoms with Gasteiger partial charge in [0.25, 0.3) is 5.91 Å². The number of nitrogens with zero attached hydrogens (tertiary/aromatic N) is 3. The predicted octanol–water partition coefficient (Wildman–Crippen LogP) is 1.27. The number of hydrogen-bond acceptors (Lipinski definition) is 8. The van der Waals surface area contributed by atoms with Crippen molar-refractivity contribution in [3.63, 3.8) is 0 Å². The molecule has 0 spiro atoms. The van der Waals surface area contributed by atoms with Crippen LogP contribution in [0.1, 0.15) is 39.3 Å². The third-order valence-corrected chi connectivity index (χ3v) is 10.2. The zero-order valence-electron chi connectivity index (χ0n) is 21.7. The standard InChI is InChI=1S/C26H31N7O4S2/c1-15-9-21-22(13-30-15)38-25(31-21)26(35)33-8-7-32(14-19(33)12-23(34)29-2)39(36,37)20-6-5-16-3-4-17(24(27)28)10-18(16)11-20/h3-6,10-11,15,19,30H,7-9,12-14H2,1-2H3,(H3,27,28)(H,29,34). The number of carbonyl (C=O) groups excluding carboxylic acids is 2. The smallest absolute Gasteiger partial charge is 0.283 e. The fourth-order valence-electron chi connectivity index (χ4n) is 5.03. The number of amidine groups is 1. The number of amides is 2. The van der Waals surface area contributed by atoms with Gasteiger partial charge in [-0.15, -0.1) is 11.3 Å². The monoisotopic (exact) mass is 569 g/mol. The van der Waals surface area contributed by atoms with Gasteiger partial charge in [0.2, 0.25) is 15.9 Å². The van der Waals surface area contributed by atoms with Crippen molar-refractivity contribution in [3.05, 3.63) is 57.5 Å². The maximum Gasteiger partial charge on any atom is 0.283 e. The summed E-state index contributed by atoms with van der Waals surface area (Å²) < 4.78 is 28.7. The molecule has 5 N–H and O–H groups in total. The minimum absolute atomic E-state index is 0.0172. The highest BCUT2D eigenvalue weighted by Gasteiger charge is 2.38. The van der Waals surface area contributed by atoms with E-state index < -0.39 is 16.1 Å². The van der Waals surface area contributed by atoms with Crippen LogP contribution in [0, 0.1) is 5.41 Å². The van der Waals surface area contributed by atoms with Gasteiger partial charge in [0.1, 0.15) is 5.84 Å².